The number of rotatable bonds is 5. The van der Waals surface area contributed by atoms with Crippen LogP contribution in [0.25, 0.3) is 0 Å². The SMILES string of the molecule is CC1CN(CCCOCC(F)(F)F)CCC1=O. The molecule has 0 amide bonds. The maximum Gasteiger partial charge on any atom is 0.411 e. The second kappa shape index (κ2) is 6.35. The van der Waals surface area contributed by atoms with Crippen molar-refractivity contribution in [3.63, 3.8) is 0 Å². The number of hydrogen-bond acceptors (Lipinski definition) is 3. The number of halogens is 3. The Kier molecular flexibility index (Phi) is 5.39. The molecule has 0 radical (unpaired) electrons. The highest BCUT2D eigenvalue weighted by atomic mass is 19.4. The zero-order valence-corrected chi connectivity index (χ0v) is 9.92. The molecular formula is C11H18F3NO2. The Labute approximate surface area is 98.9 Å². The average molecular weight is 253 g/mol. The number of ketones is 1. The van der Waals surface area contributed by atoms with Gasteiger partial charge in [-0.05, 0) is 6.42 Å². The van der Waals surface area contributed by atoms with E-state index < -0.39 is 12.8 Å². The summed E-state index contributed by atoms with van der Waals surface area (Å²) in [6, 6.07) is 0. The maximum atomic E-state index is 11.8. The van der Waals surface area contributed by atoms with E-state index >= 15 is 0 Å². The number of likely N-dealkylation sites (tertiary alicyclic amines) is 1. The molecule has 1 fully saturated rings. The third kappa shape index (κ3) is 6.02. The van der Waals surface area contributed by atoms with Crippen LogP contribution in [-0.4, -0.2) is 49.7 Å². The van der Waals surface area contributed by atoms with Gasteiger partial charge in [0.05, 0.1) is 0 Å². The summed E-state index contributed by atoms with van der Waals surface area (Å²) >= 11 is 0. The van der Waals surface area contributed by atoms with Gasteiger partial charge in [-0.25, -0.2) is 0 Å². The fraction of sp³-hybridized carbons (Fsp3) is 0.909. The molecule has 6 heteroatoms. The number of hydrogen-bond donors (Lipinski definition) is 0. The summed E-state index contributed by atoms with van der Waals surface area (Å²) in [5, 5.41) is 0. The fourth-order valence-electron chi connectivity index (χ4n) is 1.88. The number of carbonyl (C=O) groups is 1. The Bertz CT molecular complexity index is 256. The van der Waals surface area contributed by atoms with Gasteiger partial charge in [0.15, 0.2) is 0 Å². The van der Waals surface area contributed by atoms with Gasteiger partial charge in [0.25, 0.3) is 0 Å². The summed E-state index contributed by atoms with van der Waals surface area (Å²) in [4.78, 5) is 13.4. The summed E-state index contributed by atoms with van der Waals surface area (Å²) in [6.45, 7) is 2.92. The number of nitrogens with zero attached hydrogens (tertiary/aromatic N) is 1. The second-order valence-electron chi connectivity index (χ2n) is 4.44. The first kappa shape index (κ1) is 14.4. The lowest BCUT2D eigenvalue weighted by molar-refractivity contribution is -0.174. The first-order valence-corrected chi connectivity index (χ1v) is 5.78. The smallest absolute Gasteiger partial charge is 0.372 e. The topological polar surface area (TPSA) is 29.5 Å². The molecule has 0 aromatic heterocycles. The standard InChI is InChI=1S/C11H18F3NO2/c1-9-7-15(5-3-10(9)16)4-2-6-17-8-11(12,13)14/h9H,2-8H2,1H3. The number of ether oxygens (including phenoxy) is 1. The Morgan fingerprint density at radius 2 is 2.18 bits per heavy atom. The van der Waals surface area contributed by atoms with Crippen molar-refractivity contribution in [3.05, 3.63) is 0 Å². The Morgan fingerprint density at radius 3 is 2.76 bits per heavy atom. The third-order valence-electron chi connectivity index (χ3n) is 2.78. The first-order chi connectivity index (χ1) is 7.88. The van der Waals surface area contributed by atoms with Gasteiger partial charge in [0.1, 0.15) is 12.4 Å². The van der Waals surface area contributed by atoms with Gasteiger partial charge in [-0.3, -0.25) is 4.79 Å². The van der Waals surface area contributed by atoms with Gasteiger partial charge in [-0.1, -0.05) is 6.92 Å². The summed E-state index contributed by atoms with van der Waals surface area (Å²) < 4.78 is 39.8. The van der Waals surface area contributed by atoms with Crippen LogP contribution in [0.5, 0.6) is 0 Å². The van der Waals surface area contributed by atoms with Crippen molar-refractivity contribution in [2.24, 2.45) is 5.92 Å². The van der Waals surface area contributed by atoms with Crippen molar-refractivity contribution in [2.75, 3.05) is 32.8 Å². The van der Waals surface area contributed by atoms with E-state index in [1.807, 2.05) is 6.92 Å². The first-order valence-electron chi connectivity index (χ1n) is 5.78. The normalized spacial score (nSPS) is 23.1. The predicted molar refractivity (Wildman–Crippen MR) is 56.7 cm³/mol. The highest BCUT2D eigenvalue weighted by Gasteiger charge is 2.27. The van der Waals surface area contributed by atoms with Crippen LogP contribution in [0.3, 0.4) is 0 Å². The molecule has 0 aliphatic carbocycles. The molecule has 0 N–H and O–H groups in total. The molecule has 1 heterocycles. The lowest BCUT2D eigenvalue weighted by atomic mass is 9.98. The average Bonchev–Trinajstić information content (AvgIpc) is 2.21. The number of Topliss-reactive ketones (excluding diaryl/α,β-unsaturated/α-hetero) is 1. The second-order valence-corrected chi connectivity index (χ2v) is 4.44. The van der Waals surface area contributed by atoms with E-state index in [0.717, 1.165) is 0 Å². The minimum atomic E-state index is -4.24. The van der Waals surface area contributed by atoms with E-state index in [1.165, 1.54) is 0 Å². The van der Waals surface area contributed by atoms with E-state index in [1.54, 1.807) is 0 Å². The number of carbonyl (C=O) groups excluding carboxylic acids is 1. The molecule has 1 saturated heterocycles. The van der Waals surface area contributed by atoms with Crippen LogP contribution in [0, 0.1) is 5.92 Å². The van der Waals surface area contributed by atoms with Crippen LogP contribution in [0.15, 0.2) is 0 Å². The Hall–Kier alpha value is -0.620. The van der Waals surface area contributed by atoms with Crippen LogP contribution >= 0.6 is 0 Å². The lowest BCUT2D eigenvalue weighted by Gasteiger charge is -2.29. The largest absolute Gasteiger partial charge is 0.411 e. The molecule has 3 nitrogen and oxygen atoms in total. The van der Waals surface area contributed by atoms with Crippen LogP contribution in [-0.2, 0) is 9.53 Å². The van der Waals surface area contributed by atoms with Crippen LogP contribution < -0.4 is 0 Å². The van der Waals surface area contributed by atoms with E-state index in [0.29, 0.717) is 32.5 Å². The van der Waals surface area contributed by atoms with E-state index in [2.05, 4.69) is 9.64 Å². The van der Waals surface area contributed by atoms with E-state index in [-0.39, 0.29) is 18.3 Å². The van der Waals surface area contributed by atoms with Crippen molar-refractivity contribution < 1.29 is 22.7 Å². The highest BCUT2D eigenvalue weighted by molar-refractivity contribution is 5.81. The number of alkyl halides is 3. The molecule has 1 unspecified atom stereocenters. The van der Waals surface area contributed by atoms with Gasteiger partial charge in [-0.2, -0.15) is 13.2 Å². The summed E-state index contributed by atoms with van der Waals surface area (Å²) in [6.07, 6.45) is -3.13. The molecule has 0 aromatic rings. The zero-order valence-electron chi connectivity index (χ0n) is 9.92. The molecule has 0 bridgehead atoms. The monoisotopic (exact) mass is 253 g/mol. The van der Waals surface area contributed by atoms with Crippen LogP contribution in [0.2, 0.25) is 0 Å². The molecule has 1 aliphatic heterocycles. The maximum absolute atomic E-state index is 11.8. The van der Waals surface area contributed by atoms with E-state index in [9.17, 15) is 18.0 Å². The molecule has 0 spiro atoms. The third-order valence-corrected chi connectivity index (χ3v) is 2.78. The highest BCUT2D eigenvalue weighted by Crippen LogP contribution is 2.15. The minimum Gasteiger partial charge on any atom is -0.372 e. The summed E-state index contributed by atoms with van der Waals surface area (Å²) in [5.74, 6) is 0.314. The quantitative estimate of drug-likeness (QED) is 0.700. The van der Waals surface area contributed by atoms with Gasteiger partial charge < -0.3 is 9.64 Å². The van der Waals surface area contributed by atoms with Gasteiger partial charge >= 0.3 is 6.18 Å². The summed E-state index contributed by atoms with van der Waals surface area (Å²) in [5.41, 5.74) is 0. The van der Waals surface area contributed by atoms with Crippen molar-refractivity contribution >= 4 is 5.78 Å². The molecule has 100 valence electrons. The van der Waals surface area contributed by atoms with Crippen LogP contribution in [0.4, 0.5) is 13.2 Å². The van der Waals surface area contributed by atoms with Gasteiger partial charge in [0, 0.05) is 38.6 Å². The molecule has 0 saturated carbocycles. The summed E-state index contributed by atoms with van der Waals surface area (Å²) in [7, 11) is 0. The zero-order chi connectivity index (χ0) is 12.9. The lowest BCUT2D eigenvalue weighted by Crippen LogP contribution is -2.40. The molecule has 0 aromatic carbocycles. The molecule has 17 heavy (non-hydrogen) atoms. The fourth-order valence-corrected chi connectivity index (χ4v) is 1.88. The Balaban J connectivity index is 2.05. The van der Waals surface area contributed by atoms with Crippen molar-refractivity contribution in [3.8, 4) is 0 Å². The predicted octanol–water partition coefficient (Wildman–Crippen LogP) is 1.87. The van der Waals surface area contributed by atoms with Crippen LogP contribution in [0.1, 0.15) is 19.8 Å². The molecule has 1 rings (SSSR count). The van der Waals surface area contributed by atoms with Gasteiger partial charge in [0.2, 0.25) is 0 Å². The van der Waals surface area contributed by atoms with Crippen molar-refractivity contribution in [1.82, 2.24) is 4.90 Å². The number of piperidine rings is 1. The minimum absolute atomic E-state index is 0.0415. The van der Waals surface area contributed by atoms with Crippen molar-refractivity contribution in [1.29, 1.82) is 0 Å². The Morgan fingerprint density at radius 1 is 1.47 bits per heavy atom. The van der Waals surface area contributed by atoms with Crippen molar-refractivity contribution in [2.45, 2.75) is 25.9 Å². The molecule has 1 aliphatic rings. The molecule has 1 atom stereocenters. The molecular weight excluding hydrogens is 235 g/mol. The van der Waals surface area contributed by atoms with Gasteiger partial charge in [-0.15, -0.1) is 0 Å². The van der Waals surface area contributed by atoms with E-state index in [4.69, 9.17) is 0 Å².